The van der Waals surface area contributed by atoms with Crippen molar-refractivity contribution < 1.29 is 9.84 Å². The molecule has 0 atom stereocenters. The predicted molar refractivity (Wildman–Crippen MR) is 110 cm³/mol. The molecule has 0 amide bonds. The number of aliphatic hydroxyl groups is 1. The highest BCUT2D eigenvalue weighted by atomic mass is 16.5. The van der Waals surface area contributed by atoms with Crippen molar-refractivity contribution in [2.75, 3.05) is 19.8 Å². The second-order valence-corrected chi connectivity index (χ2v) is 6.22. The van der Waals surface area contributed by atoms with Gasteiger partial charge in [-0.25, -0.2) is 4.99 Å². The van der Waals surface area contributed by atoms with E-state index in [1.165, 1.54) is 0 Å². The fourth-order valence-electron chi connectivity index (χ4n) is 2.67. The van der Waals surface area contributed by atoms with Gasteiger partial charge in [0.1, 0.15) is 5.84 Å². The molecule has 0 aliphatic rings. The summed E-state index contributed by atoms with van der Waals surface area (Å²) < 4.78 is 7.52. The lowest BCUT2D eigenvalue weighted by molar-refractivity contribution is 0.152. The number of ether oxygens (including phenoxy) is 1. The van der Waals surface area contributed by atoms with Crippen LogP contribution in [0, 0.1) is 0 Å². The van der Waals surface area contributed by atoms with Crippen LogP contribution in [-0.2, 0) is 17.9 Å². The van der Waals surface area contributed by atoms with Crippen molar-refractivity contribution in [3.05, 3.63) is 58.2 Å². The molecule has 0 spiro atoms. The normalized spacial score (nSPS) is 12.9. The van der Waals surface area contributed by atoms with E-state index in [1.54, 1.807) is 0 Å². The lowest BCUT2D eigenvalue weighted by Gasteiger charge is -2.11. The smallest absolute Gasteiger partial charge is 0.152 e. The Morgan fingerprint density at radius 3 is 2.56 bits per heavy atom. The van der Waals surface area contributed by atoms with Gasteiger partial charge in [-0.15, -0.1) is 0 Å². The zero-order valence-electron chi connectivity index (χ0n) is 16.2. The third-order valence-corrected chi connectivity index (χ3v) is 4.19. The van der Waals surface area contributed by atoms with Gasteiger partial charge >= 0.3 is 0 Å². The highest BCUT2D eigenvalue weighted by molar-refractivity contribution is 5.83. The van der Waals surface area contributed by atoms with Crippen LogP contribution in [0.5, 0.6) is 0 Å². The Balaban J connectivity index is 2.40. The third-order valence-electron chi connectivity index (χ3n) is 4.19. The molecule has 146 valence electrons. The van der Waals surface area contributed by atoms with Crippen molar-refractivity contribution in [1.82, 2.24) is 9.88 Å². The predicted octanol–water partition coefficient (Wildman–Crippen LogP) is 0.898. The number of benzene rings is 1. The molecule has 27 heavy (non-hydrogen) atoms. The Hall–Kier alpha value is -2.57. The molecule has 0 saturated heterocycles. The molecule has 0 aliphatic heterocycles. The van der Waals surface area contributed by atoms with Crippen molar-refractivity contribution in [3.63, 3.8) is 0 Å². The van der Waals surface area contributed by atoms with E-state index in [2.05, 4.69) is 21.5 Å². The molecule has 0 fully saturated rings. The van der Waals surface area contributed by atoms with Gasteiger partial charge in [0.05, 0.1) is 18.6 Å². The van der Waals surface area contributed by atoms with Gasteiger partial charge in [-0.05, 0) is 29.3 Å². The number of amidine groups is 1. The van der Waals surface area contributed by atoms with Crippen LogP contribution in [0.1, 0.15) is 31.4 Å². The van der Waals surface area contributed by atoms with Crippen molar-refractivity contribution >= 4 is 18.2 Å². The van der Waals surface area contributed by atoms with Crippen LogP contribution in [0.3, 0.4) is 0 Å². The molecule has 0 unspecified atom stereocenters. The number of hydrogen-bond donors (Lipinski definition) is 3. The first kappa shape index (κ1) is 20.7. The van der Waals surface area contributed by atoms with Crippen molar-refractivity contribution in [1.29, 1.82) is 0 Å². The van der Waals surface area contributed by atoms with Crippen LogP contribution < -0.4 is 21.6 Å². The van der Waals surface area contributed by atoms with Crippen molar-refractivity contribution in [3.8, 4) is 0 Å². The van der Waals surface area contributed by atoms with Gasteiger partial charge in [0.2, 0.25) is 0 Å². The Bertz CT molecular complexity index is 853. The topological polar surface area (TPSA) is 84.8 Å². The van der Waals surface area contributed by atoms with Crippen LogP contribution in [0.2, 0.25) is 0 Å². The quantitative estimate of drug-likeness (QED) is 0.330. The highest BCUT2D eigenvalue weighted by Crippen LogP contribution is 2.05. The maximum Gasteiger partial charge on any atom is 0.152 e. The lowest BCUT2D eigenvalue weighted by atomic mass is 10.1. The van der Waals surface area contributed by atoms with Gasteiger partial charge < -0.3 is 25.5 Å². The van der Waals surface area contributed by atoms with Crippen molar-refractivity contribution in [2.45, 2.75) is 33.4 Å². The molecule has 1 heterocycles. The van der Waals surface area contributed by atoms with Gasteiger partial charge in [0.15, 0.2) is 5.82 Å². The van der Waals surface area contributed by atoms with Crippen LogP contribution in [-0.4, -0.2) is 35.3 Å². The molecular weight excluding hydrogens is 340 g/mol. The molecule has 1 aromatic heterocycles. The molecule has 6 heteroatoms. The summed E-state index contributed by atoms with van der Waals surface area (Å²) in [6.07, 6.45) is 2.67. The molecule has 4 N–H and O–H groups in total. The SMILES string of the molecule is C=c1ccn(Cc2ccc(CO)cc2)/c1=C(/N=C(/N)CC)NCCOCC. The van der Waals surface area contributed by atoms with Crippen LogP contribution in [0.15, 0.2) is 41.5 Å². The maximum absolute atomic E-state index is 9.20. The summed E-state index contributed by atoms with van der Waals surface area (Å²) in [6.45, 7) is 10.7. The molecule has 0 aliphatic carbocycles. The van der Waals surface area contributed by atoms with E-state index in [9.17, 15) is 5.11 Å². The van der Waals surface area contributed by atoms with E-state index < -0.39 is 0 Å². The van der Waals surface area contributed by atoms with E-state index in [4.69, 9.17) is 10.5 Å². The first-order valence-corrected chi connectivity index (χ1v) is 9.30. The minimum Gasteiger partial charge on any atom is -0.392 e. The van der Waals surface area contributed by atoms with E-state index in [-0.39, 0.29) is 6.61 Å². The Morgan fingerprint density at radius 2 is 1.93 bits per heavy atom. The highest BCUT2D eigenvalue weighted by Gasteiger charge is 2.05. The summed E-state index contributed by atoms with van der Waals surface area (Å²) in [4.78, 5) is 4.58. The number of rotatable bonds is 10. The monoisotopic (exact) mass is 370 g/mol. The Morgan fingerprint density at radius 1 is 1.22 bits per heavy atom. The number of nitrogens with two attached hydrogens (primary N) is 1. The number of aliphatic imine (C=N–C) groups is 1. The molecule has 2 aromatic rings. The fraction of sp³-hybridized carbons (Fsp3) is 0.381. The minimum absolute atomic E-state index is 0.0464. The molecular formula is C21H30N4O2. The summed E-state index contributed by atoms with van der Waals surface area (Å²) in [5.74, 6) is 1.27. The molecule has 6 nitrogen and oxygen atoms in total. The molecule has 0 saturated carbocycles. The van der Waals surface area contributed by atoms with E-state index in [1.807, 2.05) is 50.4 Å². The van der Waals surface area contributed by atoms with E-state index in [0.29, 0.717) is 44.4 Å². The van der Waals surface area contributed by atoms with Gasteiger partial charge in [0.25, 0.3) is 0 Å². The Labute approximate surface area is 160 Å². The number of nitrogens with one attached hydrogen (secondary N) is 1. The van der Waals surface area contributed by atoms with Crippen molar-refractivity contribution in [2.24, 2.45) is 10.7 Å². The van der Waals surface area contributed by atoms with Gasteiger partial charge in [0, 0.05) is 32.3 Å². The first-order chi connectivity index (χ1) is 13.1. The maximum atomic E-state index is 9.20. The number of nitrogens with zero attached hydrogens (tertiary/aromatic N) is 2. The first-order valence-electron chi connectivity index (χ1n) is 9.30. The molecule has 1 aromatic carbocycles. The fourth-order valence-corrected chi connectivity index (χ4v) is 2.67. The van der Waals surface area contributed by atoms with E-state index >= 15 is 0 Å². The van der Waals surface area contributed by atoms with Crippen LogP contribution >= 0.6 is 0 Å². The average Bonchev–Trinajstić information content (AvgIpc) is 3.04. The summed E-state index contributed by atoms with van der Waals surface area (Å²) in [5, 5.41) is 14.3. The third kappa shape index (κ3) is 5.98. The number of aliphatic hydroxyl groups excluding tert-OH is 1. The number of hydrogen-bond acceptors (Lipinski definition) is 4. The largest absolute Gasteiger partial charge is 0.392 e. The molecule has 2 rings (SSSR count). The summed E-state index contributed by atoms with van der Waals surface area (Å²) in [7, 11) is 0. The standard InChI is InChI=1S/C21H30N4O2/c1-4-19(22)24-21(23-11-13-27-5-2)20-16(3)10-12-25(20)14-17-6-8-18(15-26)9-7-17/h6-10,12,23,26H,3-5,11,13-15H2,1-2H3,(H2,22,24)/b21-20+. The van der Waals surface area contributed by atoms with Gasteiger partial charge in [-0.2, -0.15) is 0 Å². The molecule has 0 bridgehead atoms. The number of aromatic nitrogens is 1. The lowest BCUT2D eigenvalue weighted by Crippen LogP contribution is -2.36. The zero-order chi connectivity index (χ0) is 19.6. The second kappa shape index (κ2) is 10.5. The minimum atomic E-state index is 0.0464. The van der Waals surface area contributed by atoms with Gasteiger partial charge in [-0.1, -0.05) is 37.8 Å². The zero-order valence-corrected chi connectivity index (χ0v) is 16.2. The van der Waals surface area contributed by atoms with E-state index in [0.717, 1.165) is 21.7 Å². The summed E-state index contributed by atoms with van der Waals surface area (Å²) in [5.41, 5.74) is 8.03. The van der Waals surface area contributed by atoms with Crippen LogP contribution in [0.25, 0.3) is 12.4 Å². The van der Waals surface area contributed by atoms with Gasteiger partial charge in [-0.3, -0.25) is 0 Å². The Kier molecular flexibility index (Phi) is 8.10. The molecule has 0 radical (unpaired) electrons. The summed E-state index contributed by atoms with van der Waals surface area (Å²) >= 11 is 0. The second-order valence-electron chi connectivity index (χ2n) is 6.22. The average molecular weight is 370 g/mol. The van der Waals surface area contributed by atoms with Crippen LogP contribution in [0.4, 0.5) is 0 Å². The summed E-state index contributed by atoms with van der Waals surface area (Å²) in [6, 6.07) is 9.87.